The van der Waals surface area contributed by atoms with Gasteiger partial charge in [-0.3, -0.25) is 10.1 Å². The molecular formula is C15H12N2O3. The highest BCUT2D eigenvalue weighted by molar-refractivity contribution is 5.83. The second-order valence-corrected chi connectivity index (χ2v) is 4.83. The third kappa shape index (κ3) is 1.75. The van der Waals surface area contributed by atoms with Crippen molar-refractivity contribution in [2.75, 3.05) is 5.32 Å². The number of carbonyl (C=O) groups is 1. The summed E-state index contributed by atoms with van der Waals surface area (Å²) >= 11 is 0. The highest BCUT2D eigenvalue weighted by atomic mass is 16.6. The molecule has 2 aromatic carbocycles. The molecule has 0 saturated carbocycles. The number of rotatable bonds is 3. The topological polar surface area (TPSA) is 72.2 Å². The number of nitro benzene ring substituents is 1. The number of fused-ring (bicyclic) bond motifs is 1. The molecule has 2 aromatic rings. The summed E-state index contributed by atoms with van der Waals surface area (Å²) < 4.78 is 0. The highest BCUT2D eigenvalue weighted by Crippen LogP contribution is 2.42. The first-order chi connectivity index (χ1) is 9.66. The third-order valence-electron chi connectivity index (χ3n) is 3.63. The van der Waals surface area contributed by atoms with Gasteiger partial charge in [-0.25, -0.2) is 0 Å². The van der Waals surface area contributed by atoms with Gasteiger partial charge in [-0.1, -0.05) is 42.5 Å². The second-order valence-electron chi connectivity index (χ2n) is 4.83. The number of hydrogen-bond acceptors (Lipinski definition) is 4. The van der Waals surface area contributed by atoms with Crippen molar-refractivity contribution < 1.29 is 9.72 Å². The maximum Gasteiger partial charge on any atom is 0.292 e. The third-order valence-corrected chi connectivity index (χ3v) is 3.63. The van der Waals surface area contributed by atoms with Crippen molar-refractivity contribution in [2.24, 2.45) is 0 Å². The minimum atomic E-state index is -0.921. The van der Waals surface area contributed by atoms with E-state index in [1.165, 1.54) is 6.07 Å². The van der Waals surface area contributed by atoms with E-state index in [1.807, 2.05) is 36.4 Å². The lowest BCUT2D eigenvalue weighted by molar-refractivity contribution is -0.384. The lowest BCUT2D eigenvalue weighted by atomic mass is 9.88. The molecule has 1 aliphatic rings. The molecular weight excluding hydrogens is 256 g/mol. The van der Waals surface area contributed by atoms with Gasteiger partial charge < -0.3 is 10.1 Å². The molecule has 0 aliphatic carbocycles. The summed E-state index contributed by atoms with van der Waals surface area (Å²) in [6.45, 7) is 0. The number of nitro groups is 1. The molecule has 0 aromatic heterocycles. The van der Waals surface area contributed by atoms with Gasteiger partial charge in [0, 0.05) is 12.5 Å². The number of nitrogens with zero attached hydrogens (tertiary/aromatic N) is 1. The summed E-state index contributed by atoms with van der Waals surface area (Å²) in [5.41, 5.74) is 1.11. The Morgan fingerprint density at radius 2 is 1.90 bits per heavy atom. The Bertz CT molecular complexity index is 685. The number of benzene rings is 2. The Balaban J connectivity index is 2.10. The zero-order valence-electron chi connectivity index (χ0n) is 10.6. The first-order valence-electron chi connectivity index (χ1n) is 6.22. The van der Waals surface area contributed by atoms with Crippen LogP contribution in [-0.2, 0) is 16.8 Å². The van der Waals surface area contributed by atoms with Crippen molar-refractivity contribution in [1.82, 2.24) is 0 Å². The molecule has 1 heterocycles. The van der Waals surface area contributed by atoms with E-state index in [2.05, 4.69) is 5.32 Å². The van der Waals surface area contributed by atoms with Crippen LogP contribution in [0.5, 0.6) is 0 Å². The number of anilines is 1. The summed E-state index contributed by atoms with van der Waals surface area (Å²) in [6.07, 6.45) is 1.24. The number of carbonyl (C=O) groups excluding carboxylic acids is 1. The lowest BCUT2D eigenvalue weighted by Gasteiger charge is -2.23. The normalized spacial score (nSPS) is 20.0. The molecule has 5 nitrogen and oxygen atoms in total. The van der Waals surface area contributed by atoms with E-state index in [0.29, 0.717) is 12.1 Å². The zero-order valence-corrected chi connectivity index (χ0v) is 10.6. The van der Waals surface area contributed by atoms with Crippen LogP contribution >= 0.6 is 0 Å². The van der Waals surface area contributed by atoms with Gasteiger partial charge in [0.25, 0.3) is 5.69 Å². The Morgan fingerprint density at radius 1 is 1.15 bits per heavy atom. The predicted molar refractivity (Wildman–Crippen MR) is 74.6 cm³/mol. The first kappa shape index (κ1) is 12.3. The zero-order chi connectivity index (χ0) is 14.2. The minimum absolute atomic E-state index is 0.00200. The standard InChI is InChI=1S/C15H12N2O3/c18-10-15(12-6-2-1-3-7-12)9-11-5-4-8-13(17(19)20)14(11)16-15/h1-8,10,16H,9H2. The van der Waals surface area contributed by atoms with Gasteiger partial charge in [0.2, 0.25) is 0 Å². The molecule has 0 saturated heterocycles. The smallest absolute Gasteiger partial charge is 0.292 e. The number of hydrogen-bond donors (Lipinski definition) is 1. The maximum atomic E-state index is 11.6. The number of aldehydes is 1. The van der Waals surface area contributed by atoms with E-state index >= 15 is 0 Å². The van der Waals surface area contributed by atoms with E-state index in [0.717, 1.165) is 17.4 Å². The summed E-state index contributed by atoms with van der Waals surface area (Å²) in [5, 5.41) is 14.1. The summed E-state index contributed by atoms with van der Waals surface area (Å²) in [4.78, 5) is 22.3. The van der Waals surface area contributed by atoms with Crippen LogP contribution in [0, 0.1) is 10.1 Å². The van der Waals surface area contributed by atoms with E-state index in [1.54, 1.807) is 6.07 Å². The van der Waals surface area contributed by atoms with Gasteiger partial charge in [0.05, 0.1) is 4.92 Å². The molecule has 0 amide bonds. The van der Waals surface area contributed by atoms with Gasteiger partial charge >= 0.3 is 0 Å². The van der Waals surface area contributed by atoms with Crippen molar-refractivity contribution in [2.45, 2.75) is 12.0 Å². The average Bonchev–Trinajstić information content (AvgIpc) is 2.87. The van der Waals surface area contributed by atoms with Crippen LogP contribution in [0.3, 0.4) is 0 Å². The van der Waals surface area contributed by atoms with Crippen LogP contribution < -0.4 is 5.32 Å². The van der Waals surface area contributed by atoms with Crippen molar-refractivity contribution in [1.29, 1.82) is 0 Å². The molecule has 20 heavy (non-hydrogen) atoms. The minimum Gasteiger partial charge on any atom is -0.363 e. The quantitative estimate of drug-likeness (QED) is 0.527. The Morgan fingerprint density at radius 3 is 2.55 bits per heavy atom. The fourth-order valence-electron chi connectivity index (χ4n) is 2.65. The fourth-order valence-corrected chi connectivity index (χ4v) is 2.65. The van der Waals surface area contributed by atoms with Gasteiger partial charge in [-0.15, -0.1) is 0 Å². The Hall–Kier alpha value is -2.69. The predicted octanol–water partition coefficient (Wildman–Crippen LogP) is 2.66. The molecule has 1 atom stereocenters. The largest absolute Gasteiger partial charge is 0.363 e. The molecule has 1 aliphatic heterocycles. The Kier molecular flexibility index (Phi) is 2.75. The summed E-state index contributed by atoms with van der Waals surface area (Å²) in [6, 6.07) is 14.1. The first-order valence-corrected chi connectivity index (χ1v) is 6.22. The van der Waals surface area contributed by atoms with Gasteiger partial charge in [-0.05, 0) is 11.1 Å². The van der Waals surface area contributed by atoms with Crippen LogP contribution in [0.1, 0.15) is 11.1 Å². The van der Waals surface area contributed by atoms with Gasteiger partial charge in [-0.2, -0.15) is 0 Å². The van der Waals surface area contributed by atoms with Crippen LogP contribution in [0.15, 0.2) is 48.5 Å². The highest BCUT2D eigenvalue weighted by Gasteiger charge is 2.41. The van der Waals surface area contributed by atoms with Crippen LogP contribution in [0.4, 0.5) is 11.4 Å². The summed E-state index contributed by atoms with van der Waals surface area (Å²) in [5.74, 6) is 0. The van der Waals surface area contributed by atoms with E-state index < -0.39 is 10.5 Å². The molecule has 0 fully saturated rings. The maximum absolute atomic E-state index is 11.6. The fraction of sp³-hybridized carbons (Fsp3) is 0.133. The second kappa shape index (κ2) is 4.45. The number of nitrogens with one attached hydrogen (secondary N) is 1. The van der Waals surface area contributed by atoms with Crippen LogP contribution in [0.25, 0.3) is 0 Å². The van der Waals surface area contributed by atoms with Crippen molar-refractivity contribution in [3.8, 4) is 0 Å². The molecule has 5 heteroatoms. The Labute approximate surface area is 115 Å². The molecule has 0 radical (unpaired) electrons. The van der Waals surface area contributed by atoms with Crippen molar-refractivity contribution in [3.63, 3.8) is 0 Å². The SMILES string of the molecule is O=CC1(c2ccccc2)Cc2cccc([N+](=O)[O-])c2N1. The monoisotopic (exact) mass is 268 g/mol. The number of para-hydroxylation sites is 1. The van der Waals surface area contributed by atoms with Crippen molar-refractivity contribution >= 4 is 17.7 Å². The lowest BCUT2D eigenvalue weighted by Crippen LogP contribution is -2.34. The van der Waals surface area contributed by atoms with E-state index in [9.17, 15) is 14.9 Å². The molecule has 100 valence electrons. The molecule has 1 N–H and O–H groups in total. The van der Waals surface area contributed by atoms with Crippen LogP contribution in [-0.4, -0.2) is 11.2 Å². The van der Waals surface area contributed by atoms with Gasteiger partial charge in [0.1, 0.15) is 17.5 Å². The van der Waals surface area contributed by atoms with E-state index in [-0.39, 0.29) is 5.69 Å². The molecule has 1 unspecified atom stereocenters. The summed E-state index contributed by atoms with van der Waals surface area (Å²) in [7, 11) is 0. The molecule has 3 rings (SSSR count). The van der Waals surface area contributed by atoms with Crippen molar-refractivity contribution in [3.05, 3.63) is 69.8 Å². The average molecular weight is 268 g/mol. The van der Waals surface area contributed by atoms with E-state index in [4.69, 9.17) is 0 Å². The molecule has 0 bridgehead atoms. The van der Waals surface area contributed by atoms with Crippen LogP contribution in [0.2, 0.25) is 0 Å². The molecule has 0 spiro atoms. The van der Waals surface area contributed by atoms with Gasteiger partial charge in [0.15, 0.2) is 0 Å².